The number of unbranched alkanes of at least 4 members (excludes halogenated alkanes) is 8. The van der Waals surface area contributed by atoms with E-state index in [-0.39, 0.29) is 6.29 Å². The minimum Gasteiger partial charge on any atom is -0.353 e. The molecule has 0 spiro atoms. The summed E-state index contributed by atoms with van der Waals surface area (Å²) >= 11 is 2.84. The van der Waals surface area contributed by atoms with Gasteiger partial charge in [-0.1, -0.05) is 107 Å². The van der Waals surface area contributed by atoms with Crippen LogP contribution in [0.5, 0.6) is 0 Å². The topological polar surface area (TPSA) is 18.5 Å². The summed E-state index contributed by atoms with van der Waals surface area (Å²) in [7, 11) is 0. The zero-order chi connectivity index (χ0) is 33.0. The maximum atomic E-state index is 6.09. The Kier molecular flexibility index (Phi) is 18.8. The van der Waals surface area contributed by atoms with Crippen molar-refractivity contribution >= 4 is 42.9 Å². The van der Waals surface area contributed by atoms with Crippen molar-refractivity contribution in [3.05, 3.63) is 101 Å². The van der Waals surface area contributed by atoms with Gasteiger partial charge in [-0.25, -0.2) is 0 Å². The molecule has 3 aromatic carbocycles. The first-order valence-electron chi connectivity index (χ1n) is 18.1. The third-order valence-electron chi connectivity index (χ3n) is 9.04. The molecular formula is C42H61IO2P+. The standard InChI is InChI=1S/C42H61IO2P/c1-6-8-22-33-44-42(45-34-23-9-7-2)32-17-15-13-11-10-12-14-16-27-38-28-24-31-41(37(38)5)46(43,39-29-20-18-25-35(39)3)40-30-21-19-26-36(40)4/h10,12,18-21,24-26,28-31,42H,6-9,11,13-17,22-23,27,32-34H2,1-5H3/q+1/b12-10+. The number of rotatable bonds is 23. The van der Waals surface area contributed by atoms with Crippen molar-refractivity contribution in [2.75, 3.05) is 13.2 Å². The fraction of sp³-hybridized carbons (Fsp3) is 0.524. The van der Waals surface area contributed by atoms with Gasteiger partial charge in [0.25, 0.3) is 0 Å². The summed E-state index contributed by atoms with van der Waals surface area (Å²) in [6, 6.07) is 25.1. The molecular weight excluding hydrogens is 694 g/mol. The molecule has 0 fully saturated rings. The molecule has 0 aliphatic carbocycles. The van der Waals surface area contributed by atoms with E-state index < -0.39 is 4.90 Å². The second-order valence-electron chi connectivity index (χ2n) is 12.8. The van der Waals surface area contributed by atoms with Crippen LogP contribution < -0.4 is 15.9 Å². The van der Waals surface area contributed by atoms with E-state index in [1.807, 2.05) is 0 Å². The van der Waals surface area contributed by atoms with Crippen molar-refractivity contribution in [1.82, 2.24) is 0 Å². The van der Waals surface area contributed by atoms with E-state index in [1.54, 1.807) is 0 Å². The monoisotopic (exact) mass is 755 g/mol. The SMILES string of the molecule is CCCCCOC(CCCCC/C=C/CCCc1cccc([P+](I)(c2ccccc2C)c2ccccc2C)c1C)OCCCCC. The van der Waals surface area contributed by atoms with Crippen LogP contribution in [0.1, 0.15) is 120 Å². The van der Waals surface area contributed by atoms with Gasteiger partial charge in [-0.15, -0.1) is 0 Å². The van der Waals surface area contributed by atoms with E-state index in [0.29, 0.717) is 0 Å². The van der Waals surface area contributed by atoms with Gasteiger partial charge in [0.2, 0.25) is 0 Å². The lowest BCUT2D eigenvalue weighted by Gasteiger charge is -2.25. The lowest BCUT2D eigenvalue weighted by atomic mass is 10.0. The average molecular weight is 756 g/mol. The summed E-state index contributed by atoms with van der Waals surface area (Å²) < 4.78 is 12.2. The molecule has 0 bridgehead atoms. The van der Waals surface area contributed by atoms with Crippen LogP contribution in [-0.2, 0) is 15.9 Å². The van der Waals surface area contributed by atoms with Gasteiger partial charge in [-0.2, -0.15) is 0 Å². The molecule has 0 aliphatic rings. The minimum atomic E-state index is -1.81. The van der Waals surface area contributed by atoms with Crippen LogP contribution >= 0.6 is 26.9 Å². The van der Waals surface area contributed by atoms with E-state index in [1.165, 1.54) is 96.0 Å². The molecule has 3 aromatic rings. The van der Waals surface area contributed by atoms with E-state index in [9.17, 15) is 0 Å². The molecule has 46 heavy (non-hydrogen) atoms. The fourth-order valence-electron chi connectivity index (χ4n) is 6.23. The van der Waals surface area contributed by atoms with Gasteiger partial charge in [-0.3, -0.25) is 0 Å². The Labute approximate surface area is 296 Å². The second-order valence-corrected chi connectivity index (χ2v) is 19.8. The molecule has 0 unspecified atom stereocenters. The van der Waals surface area contributed by atoms with Crippen LogP contribution in [-0.4, -0.2) is 19.5 Å². The first kappa shape index (κ1) is 38.9. The van der Waals surface area contributed by atoms with Crippen molar-refractivity contribution in [2.24, 2.45) is 0 Å². The van der Waals surface area contributed by atoms with Crippen molar-refractivity contribution in [1.29, 1.82) is 0 Å². The van der Waals surface area contributed by atoms with Crippen LogP contribution in [0.25, 0.3) is 0 Å². The fourth-order valence-corrected chi connectivity index (χ4v) is 14.4. The van der Waals surface area contributed by atoms with E-state index in [0.717, 1.165) is 45.3 Å². The highest BCUT2D eigenvalue weighted by Gasteiger charge is 2.46. The molecule has 2 nitrogen and oxygen atoms in total. The van der Waals surface area contributed by atoms with Gasteiger partial charge in [-0.05, 0) is 119 Å². The van der Waals surface area contributed by atoms with Crippen molar-refractivity contribution < 1.29 is 9.47 Å². The molecule has 3 rings (SSSR count). The van der Waals surface area contributed by atoms with Crippen LogP contribution in [0.3, 0.4) is 0 Å². The predicted molar refractivity (Wildman–Crippen MR) is 213 cm³/mol. The summed E-state index contributed by atoms with van der Waals surface area (Å²) in [5, 5.41) is 4.50. The molecule has 0 saturated carbocycles. The summed E-state index contributed by atoms with van der Waals surface area (Å²) in [4.78, 5) is -1.81. The van der Waals surface area contributed by atoms with Gasteiger partial charge in [0.1, 0.15) is 15.9 Å². The number of aryl methyl sites for hydroxylation is 3. The first-order valence-corrected chi connectivity index (χ1v) is 22.7. The van der Waals surface area contributed by atoms with Crippen molar-refractivity contribution in [3.8, 4) is 0 Å². The number of hydrogen-bond donors (Lipinski definition) is 0. The minimum absolute atomic E-state index is 0.0147. The summed E-state index contributed by atoms with van der Waals surface area (Å²) in [5.41, 5.74) is 5.74. The second kappa shape index (κ2) is 22.2. The third-order valence-corrected chi connectivity index (χ3v) is 17.2. The number of hydrogen-bond acceptors (Lipinski definition) is 2. The highest BCUT2D eigenvalue weighted by Crippen LogP contribution is 2.65. The van der Waals surface area contributed by atoms with Gasteiger partial charge in [0, 0.05) is 13.2 Å². The van der Waals surface area contributed by atoms with Gasteiger partial charge >= 0.3 is 0 Å². The molecule has 0 radical (unpaired) electrons. The number of benzene rings is 3. The summed E-state index contributed by atoms with van der Waals surface area (Å²) in [6.07, 6.45) is 21.3. The Morgan fingerprint density at radius 2 is 1.15 bits per heavy atom. The van der Waals surface area contributed by atoms with Gasteiger partial charge in [0.15, 0.2) is 33.2 Å². The van der Waals surface area contributed by atoms with Crippen LogP contribution in [0.2, 0.25) is 0 Å². The van der Waals surface area contributed by atoms with Gasteiger partial charge < -0.3 is 9.47 Å². The summed E-state index contributed by atoms with van der Waals surface area (Å²) in [6.45, 7) is 13.1. The predicted octanol–water partition coefficient (Wildman–Crippen LogP) is 11.8. The lowest BCUT2D eigenvalue weighted by molar-refractivity contribution is -0.148. The lowest BCUT2D eigenvalue weighted by Crippen LogP contribution is -2.31. The Morgan fingerprint density at radius 1 is 0.609 bits per heavy atom. The van der Waals surface area contributed by atoms with Crippen LogP contribution in [0.15, 0.2) is 78.9 Å². The van der Waals surface area contributed by atoms with Crippen molar-refractivity contribution in [3.63, 3.8) is 0 Å². The number of ether oxygens (including phenoxy) is 2. The average Bonchev–Trinajstić information content (AvgIpc) is 3.06. The maximum absolute atomic E-state index is 6.09. The Morgan fingerprint density at radius 3 is 1.72 bits per heavy atom. The summed E-state index contributed by atoms with van der Waals surface area (Å²) in [5.74, 6) is 0. The highest BCUT2D eigenvalue weighted by atomic mass is 127. The molecule has 0 aliphatic heterocycles. The zero-order valence-electron chi connectivity index (χ0n) is 29.5. The van der Waals surface area contributed by atoms with E-state index in [4.69, 9.17) is 9.47 Å². The molecule has 0 atom stereocenters. The van der Waals surface area contributed by atoms with Crippen LogP contribution in [0.4, 0.5) is 0 Å². The zero-order valence-corrected chi connectivity index (χ0v) is 32.6. The molecule has 0 amide bonds. The van der Waals surface area contributed by atoms with Gasteiger partial charge in [0.05, 0.1) is 0 Å². The Balaban J connectivity index is 1.49. The number of halogens is 1. The largest absolute Gasteiger partial charge is 0.353 e. The normalized spacial score (nSPS) is 12.1. The molecule has 0 aromatic heterocycles. The Hall–Kier alpha value is -1.52. The van der Waals surface area contributed by atoms with Crippen molar-refractivity contribution in [2.45, 2.75) is 131 Å². The quantitative estimate of drug-likeness (QED) is 0.0315. The smallest absolute Gasteiger partial charge is 0.173 e. The molecule has 252 valence electrons. The van der Waals surface area contributed by atoms with Crippen LogP contribution in [0, 0.1) is 20.8 Å². The van der Waals surface area contributed by atoms with E-state index in [2.05, 4.69) is 136 Å². The molecule has 0 saturated heterocycles. The molecule has 0 N–H and O–H groups in total. The Bertz CT molecular complexity index is 1240. The first-order chi connectivity index (χ1) is 22.4. The maximum Gasteiger partial charge on any atom is 0.173 e. The highest BCUT2D eigenvalue weighted by molar-refractivity contribution is 14.2. The molecule has 0 heterocycles. The third kappa shape index (κ3) is 12.2. The number of allylic oxidation sites excluding steroid dienone is 2. The molecule has 4 heteroatoms. The van der Waals surface area contributed by atoms with E-state index >= 15 is 0 Å².